The van der Waals surface area contributed by atoms with E-state index in [-0.39, 0.29) is 6.42 Å². The molecule has 1 aromatic carbocycles. The van der Waals surface area contributed by atoms with E-state index in [0.717, 1.165) is 0 Å². The number of aliphatic carboxylic acids is 1. The van der Waals surface area contributed by atoms with Crippen LogP contribution in [0.4, 0.5) is 0 Å². The van der Waals surface area contributed by atoms with Gasteiger partial charge in [-0.15, -0.1) is 0 Å². The number of hydrogen-bond donors (Lipinski definition) is 2. The van der Waals surface area contributed by atoms with Crippen LogP contribution in [0.25, 0.3) is 0 Å². The molecule has 1 unspecified atom stereocenters. The normalized spacial score (nSPS) is 12.2. The summed E-state index contributed by atoms with van der Waals surface area (Å²) in [5.41, 5.74) is 6.01. The van der Waals surface area contributed by atoms with Crippen molar-refractivity contribution in [1.29, 1.82) is 0 Å². The zero-order chi connectivity index (χ0) is 12.3. The van der Waals surface area contributed by atoms with Gasteiger partial charge in [0.1, 0.15) is 11.8 Å². The average molecular weight is 264 g/mol. The van der Waals surface area contributed by atoms with Gasteiger partial charge in [0.25, 0.3) is 0 Å². The van der Waals surface area contributed by atoms with Crippen LogP contribution in [0, 0.1) is 0 Å². The molecule has 0 fully saturated rings. The maximum Gasteiger partial charge on any atom is 0.320 e. The third kappa shape index (κ3) is 3.01. The van der Waals surface area contributed by atoms with Gasteiger partial charge in [-0.3, -0.25) is 4.79 Å². The summed E-state index contributed by atoms with van der Waals surface area (Å²) in [5.74, 6) is -0.680. The van der Waals surface area contributed by atoms with Crippen LogP contribution in [0.1, 0.15) is 5.56 Å². The van der Waals surface area contributed by atoms with Crippen LogP contribution in [-0.4, -0.2) is 24.2 Å². The Morgan fingerprint density at radius 2 is 2.19 bits per heavy atom. The Kier molecular flexibility index (Phi) is 4.41. The summed E-state index contributed by atoms with van der Waals surface area (Å²) in [6, 6.07) is 2.11. The molecule has 0 aliphatic carbocycles. The fourth-order valence-corrected chi connectivity index (χ4v) is 1.93. The molecule has 1 rings (SSSR count). The predicted molar refractivity (Wildman–Crippen MR) is 62.3 cm³/mol. The molecule has 88 valence electrons. The van der Waals surface area contributed by atoms with E-state index in [4.69, 9.17) is 38.8 Å². The third-order valence-corrected chi connectivity index (χ3v) is 2.55. The molecule has 0 saturated heterocycles. The van der Waals surface area contributed by atoms with Crippen LogP contribution in [0.5, 0.6) is 5.75 Å². The molecule has 0 saturated carbocycles. The van der Waals surface area contributed by atoms with Crippen molar-refractivity contribution in [3.05, 3.63) is 27.7 Å². The first-order valence-corrected chi connectivity index (χ1v) is 5.21. The van der Waals surface area contributed by atoms with Gasteiger partial charge < -0.3 is 15.6 Å². The highest BCUT2D eigenvalue weighted by Crippen LogP contribution is 2.32. The number of carboxylic acids is 1. The molecule has 0 aliphatic heterocycles. The van der Waals surface area contributed by atoms with E-state index in [1.165, 1.54) is 13.2 Å². The number of ether oxygens (including phenoxy) is 1. The van der Waals surface area contributed by atoms with Crippen LogP contribution >= 0.6 is 23.2 Å². The molecule has 0 bridgehead atoms. The zero-order valence-corrected chi connectivity index (χ0v) is 10.0. The summed E-state index contributed by atoms with van der Waals surface area (Å²) in [6.07, 6.45) is 0.110. The van der Waals surface area contributed by atoms with Gasteiger partial charge in [-0.1, -0.05) is 23.2 Å². The van der Waals surface area contributed by atoms with Gasteiger partial charge in [-0.25, -0.2) is 0 Å². The molecule has 0 amide bonds. The fraction of sp³-hybridized carbons (Fsp3) is 0.300. The summed E-state index contributed by atoms with van der Waals surface area (Å²) in [4.78, 5) is 10.6. The van der Waals surface area contributed by atoms with E-state index in [1.807, 2.05) is 0 Å². The highest BCUT2D eigenvalue weighted by molar-refractivity contribution is 6.35. The van der Waals surface area contributed by atoms with Crippen molar-refractivity contribution in [3.63, 3.8) is 0 Å². The van der Waals surface area contributed by atoms with Crippen LogP contribution < -0.4 is 10.5 Å². The second kappa shape index (κ2) is 5.39. The molecular formula is C10H11Cl2NO3. The second-order valence-corrected chi connectivity index (χ2v) is 4.07. The Bertz CT molecular complexity index is 409. The number of methoxy groups -OCH3 is 1. The lowest BCUT2D eigenvalue weighted by atomic mass is 10.1. The largest absolute Gasteiger partial charge is 0.495 e. The predicted octanol–water partition coefficient (Wildman–Crippen LogP) is 1.96. The van der Waals surface area contributed by atoms with Gasteiger partial charge in [0, 0.05) is 11.4 Å². The van der Waals surface area contributed by atoms with E-state index in [0.29, 0.717) is 21.4 Å². The lowest BCUT2D eigenvalue weighted by molar-refractivity contribution is -0.138. The molecule has 0 radical (unpaired) electrons. The molecule has 1 aromatic rings. The average Bonchev–Trinajstić information content (AvgIpc) is 2.16. The molecule has 0 heterocycles. The van der Waals surface area contributed by atoms with Gasteiger partial charge in [-0.2, -0.15) is 0 Å². The van der Waals surface area contributed by atoms with Crippen molar-refractivity contribution >= 4 is 29.2 Å². The molecule has 1 atom stereocenters. The van der Waals surface area contributed by atoms with Crippen molar-refractivity contribution in [2.45, 2.75) is 12.5 Å². The summed E-state index contributed by atoms with van der Waals surface area (Å²) < 4.78 is 5.07. The minimum atomic E-state index is -1.09. The summed E-state index contributed by atoms with van der Waals surface area (Å²) in [5, 5.41) is 9.46. The number of rotatable bonds is 4. The highest BCUT2D eigenvalue weighted by atomic mass is 35.5. The number of nitrogens with two attached hydrogens (primary N) is 1. The SMILES string of the molecule is COc1c(Cl)cc(Cl)cc1CC(N)C(=O)O. The van der Waals surface area contributed by atoms with Gasteiger partial charge in [0.05, 0.1) is 12.1 Å². The van der Waals surface area contributed by atoms with Gasteiger partial charge in [0.2, 0.25) is 0 Å². The monoisotopic (exact) mass is 263 g/mol. The summed E-state index contributed by atoms with van der Waals surface area (Å²) in [6.45, 7) is 0. The Balaban J connectivity index is 3.07. The highest BCUT2D eigenvalue weighted by Gasteiger charge is 2.17. The number of carboxylic acid groups (broad SMARTS) is 1. The van der Waals surface area contributed by atoms with Gasteiger partial charge >= 0.3 is 5.97 Å². The quantitative estimate of drug-likeness (QED) is 0.871. The van der Waals surface area contributed by atoms with Crippen molar-refractivity contribution in [1.82, 2.24) is 0 Å². The second-order valence-electron chi connectivity index (χ2n) is 3.23. The van der Waals surface area contributed by atoms with E-state index in [2.05, 4.69) is 0 Å². The lowest BCUT2D eigenvalue weighted by Gasteiger charge is -2.12. The topological polar surface area (TPSA) is 72.5 Å². The van der Waals surface area contributed by atoms with Crippen molar-refractivity contribution in [2.24, 2.45) is 5.73 Å². The fourth-order valence-electron chi connectivity index (χ4n) is 1.32. The minimum absolute atomic E-state index is 0.110. The Morgan fingerprint density at radius 1 is 1.56 bits per heavy atom. The molecule has 6 heteroatoms. The summed E-state index contributed by atoms with van der Waals surface area (Å²) in [7, 11) is 1.45. The van der Waals surface area contributed by atoms with Crippen molar-refractivity contribution < 1.29 is 14.6 Å². The van der Waals surface area contributed by atoms with E-state index < -0.39 is 12.0 Å². The van der Waals surface area contributed by atoms with Crippen LogP contribution in [-0.2, 0) is 11.2 Å². The Morgan fingerprint density at radius 3 is 2.69 bits per heavy atom. The van der Waals surface area contributed by atoms with Crippen LogP contribution in [0.2, 0.25) is 10.0 Å². The number of hydrogen-bond acceptors (Lipinski definition) is 3. The molecule has 0 aliphatic rings. The molecule has 16 heavy (non-hydrogen) atoms. The number of carbonyl (C=O) groups is 1. The maximum absolute atomic E-state index is 10.6. The van der Waals surface area contributed by atoms with Crippen molar-refractivity contribution in [3.8, 4) is 5.75 Å². The van der Waals surface area contributed by atoms with E-state index in [1.54, 1.807) is 6.07 Å². The number of halogens is 2. The first-order valence-electron chi connectivity index (χ1n) is 4.46. The Labute approximate surface area is 103 Å². The zero-order valence-electron chi connectivity index (χ0n) is 8.54. The first-order chi connectivity index (χ1) is 7.45. The van der Waals surface area contributed by atoms with Crippen molar-refractivity contribution in [2.75, 3.05) is 7.11 Å². The molecule has 0 aromatic heterocycles. The molecular weight excluding hydrogens is 253 g/mol. The maximum atomic E-state index is 10.6. The smallest absolute Gasteiger partial charge is 0.320 e. The lowest BCUT2D eigenvalue weighted by Crippen LogP contribution is -2.32. The first kappa shape index (κ1) is 13.1. The summed E-state index contributed by atoms with van der Waals surface area (Å²) >= 11 is 11.7. The third-order valence-electron chi connectivity index (χ3n) is 2.05. The van der Waals surface area contributed by atoms with E-state index >= 15 is 0 Å². The standard InChI is InChI=1S/C10H11Cl2NO3/c1-16-9-5(3-8(13)10(14)15)2-6(11)4-7(9)12/h2,4,8H,3,13H2,1H3,(H,14,15). The molecule has 3 N–H and O–H groups in total. The van der Waals surface area contributed by atoms with Crippen LogP contribution in [0.15, 0.2) is 12.1 Å². The minimum Gasteiger partial charge on any atom is -0.495 e. The Hall–Kier alpha value is -0.970. The van der Waals surface area contributed by atoms with Crippen LogP contribution in [0.3, 0.4) is 0 Å². The number of benzene rings is 1. The molecule has 4 nitrogen and oxygen atoms in total. The van der Waals surface area contributed by atoms with E-state index in [9.17, 15) is 4.79 Å². The van der Waals surface area contributed by atoms with Gasteiger partial charge in [0.15, 0.2) is 0 Å². The molecule has 0 spiro atoms. The van der Waals surface area contributed by atoms with Gasteiger partial charge in [-0.05, 0) is 17.7 Å².